The molecule has 1 fully saturated rings. The molecule has 1 saturated carbocycles. The van der Waals surface area contributed by atoms with Gasteiger partial charge in [0, 0.05) is 16.6 Å². The third kappa shape index (κ3) is 3.74. The molecule has 0 radical (unpaired) electrons. The van der Waals surface area contributed by atoms with Crippen molar-refractivity contribution in [3.05, 3.63) is 27.7 Å². The summed E-state index contributed by atoms with van der Waals surface area (Å²) in [4.78, 5) is 0.0704. The summed E-state index contributed by atoms with van der Waals surface area (Å²) in [5.74, 6) is 0. The second kappa shape index (κ2) is 6.32. The van der Waals surface area contributed by atoms with Crippen LogP contribution < -0.4 is 10.5 Å². The first-order valence-electron chi connectivity index (χ1n) is 6.57. The number of nitrogens with two attached hydrogens (primary N) is 1. The number of hydrogen-bond donors (Lipinski definition) is 2. The van der Waals surface area contributed by atoms with Crippen molar-refractivity contribution in [1.82, 2.24) is 4.72 Å². The van der Waals surface area contributed by atoms with Crippen LogP contribution in [0.15, 0.2) is 27.6 Å². The van der Waals surface area contributed by atoms with Gasteiger partial charge in [-0.2, -0.15) is 0 Å². The van der Waals surface area contributed by atoms with Crippen LogP contribution in [-0.4, -0.2) is 20.5 Å². The second-order valence-electron chi connectivity index (χ2n) is 5.30. The van der Waals surface area contributed by atoms with Crippen molar-refractivity contribution >= 4 is 37.6 Å². The molecule has 3 N–H and O–H groups in total. The van der Waals surface area contributed by atoms with E-state index in [2.05, 4.69) is 20.7 Å². The SMILES string of the molecule is NC1(CNS(=O)(=O)c2c(Cl)cccc2Br)CCCCC1. The Morgan fingerprint density at radius 1 is 1.30 bits per heavy atom. The average Bonchev–Trinajstić information content (AvgIpc) is 2.37. The van der Waals surface area contributed by atoms with Crippen LogP contribution in [-0.2, 0) is 10.0 Å². The molecule has 0 aliphatic heterocycles. The van der Waals surface area contributed by atoms with E-state index in [0.29, 0.717) is 4.47 Å². The van der Waals surface area contributed by atoms with E-state index in [4.69, 9.17) is 17.3 Å². The first kappa shape index (κ1) is 16.2. The van der Waals surface area contributed by atoms with Gasteiger partial charge in [-0.15, -0.1) is 0 Å². The lowest BCUT2D eigenvalue weighted by Crippen LogP contribution is -2.51. The van der Waals surface area contributed by atoms with Gasteiger partial charge < -0.3 is 5.73 Å². The van der Waals surface area contributed by atoms with Crippen LogP contribution in [0.25, 0.3) is 0 Å². The van der Waals surface area contributed by atoms with Gasteiger partial charge in [0.15, 0.2) is 0 Å². The first-order chi connectivity index (χ1) is 9.34. The van der Waals surface area contributed by atoms with Gasteiger partial charge >= 0.3 is 0 Å². The molecule has 2 rings (SSSR count). The summed E-state index contributed by atoms with van der Waals surface area (Å²) >= 11 is 9.22. The molecule has 112 valence electrons. The van der Waals surface area contributed by atoms with Crippen molar-refractivity contribution in [1.29, 1.82) is 0 Å². The van der Waals surface area contributed by atoms with Gasteiger partial charge in [0.25, 0.3) is 0 Å². The molecule has 0 saturated heterocycles. The molecular formula is C13H18BrClN2O2S. The van der Waals surface area contributed by atoms with Gasteiger partial charge in [0.2, 0.25) is 10.0 Å². The quantitative estimate of drug-likeness (QED) is 0.842. The monoisotopic (exact) mass is 380 g/mol. The molecule has 0 unspecified atom stereocenters. The molecule has 1 aromatic rings. The Morgan fingerprint density at radius 2 is 1.95 bits per heavy atom. The first-order valence-corrected chi connectivity index (χ1v) is 9.22. The van der Waals surface area contributed by atoms with E-state index in [9.17, 15) is 8.42 Å². The zero-order valence-electron chi connectivity index (χ0n) is 11.0. The van der Waals surface area contributed by atoms with Crippen molar-refractivity contribution in [2.75, 3.05) is 6.54 Å². The summed E-state index contributed by atoms with van der Waals surface area (Å²) in [6, 6.07) is 4.90. The summed E-state index contributed by atoms with van der Waals surface area (Å²) in [6.45, 7) is 0.243. The molecule has 0 spiro atoms. The molecule has 0 heterocycles. The van der Waals surface area contributed by atoms with Crippen LogP contribution in [0.2, 0.25) is 5.02 Å². The largest absolute Gasteiger partial charge is 0.324 e. The van der Waals surface area contributed by atoms with Gasteiger partial charge in [-0.25, -0.2) is 13.1 Å². The summed E-state index contributed by atoms with van der Waals surface area (Å²) in [5.41, 5.74) is 5.80. The third-order valence-electron chi connectivity index (χ3n) is 3.65. The van der Waals surface area contributed by atoms with Crippen LogP contribution >= 0.6 is 27.5 Å². The van der Waals surface area contributed by atoms with E-state index < -0.39 is 15.6 Å². The highest BCUT2D eigenvalue weighted by Crippen LogP contribution is 2.30. The number of hydrogen-bond acceptors (Lipinski definition) is 3. The number of nitrogens with one attached hydrogen (secondary N) is 1. The van der Waals surface area contributed by atoms with Crippen molar-refractivity contribution in [3.8, 4) is 0 Å². The molecule has 4 nitrogen and oxygen atoms in total. The van der Waals surface area contributed by atoms with Crippen molar-refractivity contribution in [3.63, 3.8) is 0 Å². The van der Waals surface area contributed by atoms with Gasteiger partial charge in [-0.05, 0) is 40.9 Å². The maximum Gasteiger partial charge on any atom is 0.243 e. The van der Waals surface area contributed by atoms with Crippen molar-refractivity contribution in [2.45, 2.75) is 42.5 Å². The third-order valence-corrected chi connectivity index (χ3v) is 6.50. The molecule has 7 heteroatoms. The van der Waals surface area contributed by atoms with E-state index >= 15 is 0 Å². The predicted molar refractivity (Wildman–Crippen MR) is 84.3 cm³/mol. The Hall–Kier alpha value is -0.140. The number of benzene rings is 1. The second-order valence-corrected chi connectivity index (χ2v) is 8.26. The lowest BCUT2D eigenvalue weighted by atomic mass is 9.83. The summed E-state index contributed by atoms with van der Waals surface area (Å²) in [6.07, 6.45) is 4.96. The summed E-state index contributed by atoms with van der Waals surface area (Å²) in [5, 5.41) is 0.196. The number of rotatable bonds is 4. The van der Waals surface area contributed by atoms with Gasteiger partial charge in [0.05, 0.1) is 5.02 Å². The van der Waals surface area contributed by atoms with Crippen LogP contribution in [0.4, 0.5) is 0 Å². The minimum atomic E-state index is -3.67. The smallest absolute Gasteiger partial charge is 0.243 e. The zero-order valence-corrected chi connectivity index (χ0v) is 14.2. The zero-order chi connectivity index (χ0) is 14.8. The maximum atomic E-state index is 12.4. The van der Waals surface area contributed by atoms with E-state index in [1.807, 2.05) is 0 Å². The van der Waals surface area contributed by atoms with Gasteiger partial charge in [-0.1, -0.05) is 36.9 Å². The molecule has 0 bridgehead atoms. The lowest BCUT2D eigenvalue weighted by Gasteiger charge is -2.33. The Kier molecular flexibility index (Phi) is 5.13. The van der Waals surface area contributed by atoms with E-state index in [1.165, 1.54) is 6.42 Å². The van der Waals surface area contributed by atoms with E-state index in [0.717, 1.165) is 25.7 Å². The Balaban J connectivity index is 2.15. The Labute approximate surface area is 133 Å². The van der Waals surface area contributed by atoms with E-state index in [1.54, 1.807) is 18.2 Å². The Bertz CT molecular complexity index is 566. The van der Waals surface area contributed by atoms with Gasteiger partial charge in [0.1, 0.15) is 4.90 Å². The number of sulfonamides is 1. The van der Waals surface area contributed by atoms with E-state index in [-0.39, 0.29) is 16.5 Å². The highest BCUT2D eigenvalue weighted by Gasteiger charge is 2.30. The van der Waals surface area contributed by atoms with Crippen LogP contribution in [0.5, 0.6) is 0 Å². The maximum absolute atomic E-state index is 12.4. The molecule has 1 aliphatic carbocycles. The summed E-state index contributed by atoms with van der Waals surface area (Å²) in [7, 11) is -3.67. The normalized spacial score (nSPS) is 18.9. The average molecular weight is 382 g/mol. The molecule has 1 aliphatic rings. The van der Waals surface area contributed by atoms with Gasteiger partial charge in [-0.3, -0.25) is 0 Å². The molecule has 0 atom stereocenters. The molecule has 0 amide bonds. The number of halogens is 2. The highest BCUT2D eigenvalue weighted by atomic mass is 79.9. The highest BCUT2D eigenvalue weighted by molar-refractivity contribution is 9.10. The Morgan fingerprint density at radius 3 is 2.55 bits per heavy atom. The predicted octanol–water partition coefficient (Wildman–Crippen LogP) is 3.04. The van der Waals surface area contributed by atoms with Crippen LogP contribution in [0.1, 0.15) is 32.1 Å². The van der Waals surface area contributed by atoms with Crippen LogP contribution in [0.3, 0.4) is 0 Å². The fraction of sp³-hybridized carbons (Fsp3) is 0.538. The fourth-order valence-electron chi connectivity index (χ4n) is 2.48. The standard InChI is InChI=1S/C13H18BrClN2O2S/c14-10-5-4-6-11(15)12(10)20(18,19)17-9-13(16)7-2-1-3-8-13/h4-6,17H,1-3,7-9,16H2. The van der Waals surface area contributed by atoms with Crippen LogP contribution in [0, 0.1) is 0 Å². The molecule has 20 heavy (non-hydrogen) atoms. The topological polar surface area (TPSA) is 72.2 Å². The minimum Gasteiger partial charge on any atom is -0.324 e. The minimum absolute atomic E-state index is 0.0704. The van der Waals surface area contributed by atoms with Crippen molar-refractivity contribution in [2.24, 2.45) is 5.73 Å². The molecule has 0 aromatic heterocycles. The molecule has 1 aromatic carbocycles. The van der Waals surface area contributed by atoms with Crippen molar-refractivity contribution < 1.29 is 8.42 Å². The fourth-order valence-corrected chi connectivity index (χ4v) is 5.35. The molecular weight excluding hydrogens is 364 g/mol. The lowest BCUT2D eigenvalue weighted by molar-refractivity contribution is 0.296. The summed E-state index contributed by atoms with van der Waals surface area (Å²) < 4.78 is 27.8.